The number of rotatable bonds is 5. The highest BCUT2D eigenvalue weighted by molar-refractivity contribution is 5.80. The average molecular weight is 240 g/mol. The molecule has 1 aliphatic rings. The summed E-state index contributed by atoms with van der Waals surface area (Å²) in [5.74, 6) is -0.895. The van der Waals surface area contributed by atoms with E-state index in [9.17, 15) is 13.6 Å². The average Bonchev–Trinajstić information content (AvgIpc) is 3.09. The van der Waals surface area contributed by atoms with Crippen molar-refractivity contribution >= 4 is 11.6 Å². The Hall–Kier alpha value is -1.65. The van der Waals surface area contributed by atoms with E-state index in [1.165, 1.54) is 18.9 Å². The number of carbonyl (C=O) groups is 1. The van der Waals surface area contributed by atoms with E-state index in [0.29, 0.717) is 12.5 Å². The molecule has 2 N–H and O–H groups in total. The molecule has 1 amide bonds. The van der Waals surface area contributed by atoms with Crippen molar-refractivity contribution in [3.05, 3.63) is 29.8 Å². The second-order valence-corrected chi connectivity index (χ2v) is 4.23. The number of benzene rings is 1. The van der Waals surface area contributed by atoms with Crippen LogP contribution in [0.2, 0.25) is 0 Å². The van der Waals surface area contributed by atoms with Crippen molar-refractivity contribution in [2.24, 2.45) is 5.92 Å². The summed E-state index contributed by atoms with van der Waals surface area (Å²) in [6, 6.07) is 3.21. The molecular weight excluding hydrogens is 226 g/mol. The zero-order valence-corrected chi connectivity index (χ0v) is 9.30. The van der Waals surface area contributed by atoms with Gasteiger partial charge in [-0.25, -0.2) is 8.78 Å². The molecule has 0 bridgehead atoms. The Morgan fingerprint density at radius 1 is 1.35 bits per heavy atom. The number of nitrogens with one attached hydrogen (secondary N) is 2. The first-order chi connectivity index (χ1) is 8.15. The Balaban J connectivity index is 1.77. The zero-order valence-electron chi connectivity index (χ0n) is 9.30. The summed E-state index contributed by atoms with van der Waals surface area (Å²) >= 11 is 0. The second kappa shape index (κ2) is 5.12. The van der Waals surface area contributed by atoms with Crippen LogP contribution in [0, 0.1) is 17.6 Å². The van der Waals surface area contributed by atoms with Crippen LogP contribution in [-0.4, -0.2) is 19.0 Å². The minimum absolute atomic E-state index is 0.00469. The van der Waals surface area contributed by atoms with Gasteiger partial charge in [-0.3, -0.25) is 4.79 Å². The van der Waals surface area contributed by atoms with Crippen molar-refractivity contribution in [2.75, 3.05) is 18.4 Å². The van der Waals surface area contributed by atoms with Crippen LogP contribution in [0.5, 0.6) is 0 Å². The maximum Gasteiger partial charge on any atom is 0.239 e. The largest absolute Gasteiger partial charge is 0.374 e. The van der Waals surface area contributed by atoms with Crippen LogP contribution < -0.4 is 10.6 Å². The first-order valence-electron chi connectivity index (χ1n) is 5.61. The van der Waals surface area contributed by atoms with Crippen LogP contribution >= 0.6 is 0 Å². The molecule has 1 saturated carbocycles. The molecule has 0 unspecified atom stereocenters. The molecule has 1 aromatic carbocycles. The molecule has 0 heterocycles. The van der Waals surface area contributed by atoms with Crippen LogP contribution in [-0.2, 0) is 4.79 Å². The number of amides is 1. The van der Waals surface area contributed by atoms with E-state index in [4.69, 9.17) is 0 Å². The minimum atomic E-state index is -0.694. The molecule has 5 heteroatoms. The highest BCUT2D eigenvalue weighted by atomic mass is 19.1. The van der Waals surface area contributed by atoms with Crippen LogP contribution in [0.15, 0.2) is 18.2 Å². The number of hydrogen-bond donors (Lipinski definition) is 2. The fourth-order valence-electron chi connectivity index (χ4n) is 1.45. The Bertz CT molecular complexity index is 419. The molecule has 1 aromatic rings. The molecule has 3 nitrogen and oxygen atoms in total. The van der Waals surface area contributed by atoms with Gasteiger partial charge in [0.05, 0.1) is 12.2 Å². The molecule has 0 spiro atoms. The Labute approximate surface area is 98.2 Å². The highest BCUT2D eigenvalue weighted by Gasteiger charge is 2.21. The molecule has 17 heavy (non-hydrogen) atoms. The van der Waals surface area contributed by atoms with Crippen LogP contribution in [0.4, 0.5) is 14.5 Å². The molecule has 0 radical (unpaired) electrons. The predicted octanol–water partition coefficient (Wildman–Crippen LogP) is 1.90. The fourth-order valence-corrected chi connectivity index (χ4v) is 1.45. The monoisotopic (exact) mass is 240 g/mol. The van der Waals surface area contributed by atoms with Crippen molar-refractivity contribution in [1.82, 2.24) is 5.32 Å². The lowest BCUT2D eigenvalue weighted by Gasteiger charge is -2.08. The van der Waals surface area contributed by atoms with Gasteiger partial charge in [-0.2, -0.15) is 0 Å². The third-order valence-electron chi connectivity index (χ3n) is 2.66. The third-order valence-corrected chi connectivity index (χ3v) is 2.66. The van der Waals surface area contributed by atoms with Crippen LogP contribution in [0.3, 0.4) is 0 Å². The van der Waals surface area contributed by atoms with Crippen molar-refractivity contribution in [2.45, 2.75) is 12.8 Å². The molecule has 0 aliphatic heterocycles. The fraction of sp³-hybridized carbons (Fsp3) is 0.417. The molecule has 92 valence electrons. The van der Waals surface area contributed by atoms with Crippen molar-refractivity contribution in [3.8, 4) is 0 Å². The van der Waals surface area contributed by atoms with Gasteiger partial charge in [0.25, 0.3) is 0 Å². The van der Waals surface area contributed by atoms with E-state index < -0.39 is 11.6 Å². The number of carbonyl (C=O) groups excluding carboxylic acids is 1. The summed E-state index contributed by atoms with van der Waals surface area (Å²) in [6.07, 6.45) is 2.33. The summed E-state index contributed by atoms with van der Waals surface area (Å²) in [5, 5.41) is 5.38. The lowest BCUT2D eigenvalue weighted by molar-refractivity contribution is -0.119. The summed E-state index contributed by atoms with van der Waals surface area (Å²) in [5.41, 5.74) is 0.132. The minimum Gasteiger partial charge on any atom is -0.374 e. The maximum atomic E-state index is 13.2. The van der Waals surface area contributed by atoms with E-state index in [0.717, 1.165) is 12.1 Å². The van der Waals surface area contributed by atoms with E-state index in [1.54, 1.807) is 0 Å². The summed E-state index contributed by atoms with van der Waals surface area (Å²) in [6.45, 7) is 0.682. The highest BCUT2D eigenvalue weighted by Crippen LogP contribution is 2.27. The smallest absolute Gasteiger partial charge is 0.239 e. The lowest BCUT2D eigenvalue weighted by atomic mass is 10.3. The van der Waals surface area contributed by atoms with Gasteiger partial charge in [0.2, 0.25) is 5.91 Å². The molecule has 0 atom stereocenters. The van der Waals surface area contributed by atoms with Gasteiger partial charge >= 0.3 is 0 Å². The summed E-state index contributed by atoms with van der Waals surface area (Å²) in [7, 11) is 0. The number of halogens is 2. The number of hydrogen-bond acceptors (Lipinski definition) is 2. The first-order valence-corrected chi connectivity index (χ1v) is 5.61. The van der Waals surface area contributed by atoms with E-state index >= 15 is 0 Å². The van der Waals surface area contributed by atoms with E-state index in [-0.39, 0.29) is 18.1 Å². The summed E-state index contributed by atoms with van der Waals surface area (Å²) in [4.78, 5) is 11.4. The standard InChI is InChI=1S/C12H14F2N2O/c13-9-3-4-11(10(14)5-9)15-7-12(17)16-6-8-1-2-8/h3-5,8,15H,1-2,6-7H2,(H,16,17). The van der Waals surface area contributed by atoms with Crippen LogP contribution in [0.25, 0.3) is 0 Å². The van der Waals surface area contributed by atoms with Crippen molar-refractivity contribution in [3.63, 3.8) is 0 Å². The molecule has 0 saturated heterocycles. The zero-order chi connectivity index (χ0) is 12.3. The van der Waals surface area contributed by atoms with Gasteiger partial charge in [0, 0.05) is 12.6 Å². The van der Waals surface area contributed by atoms with Gasteiger partial charge in [-0.15, -0.1) is 0 Å². The van der Waals surface area contributed by atoms with E-state index in [1.807, 2.05) is 0 Å². The van der Waals surface area contributed by atoms with Gasteiger partial charge in [-0.1, -0.05) is 0 Å². The van der Waals surface area contributed by atoms with Crippen molar-refractivity contribution in [1.29, 1.82) is 0 Å². The van der Waals surface area contributed by atoms with Gasteiger partial charge in [-0.05, 0) is 30.9 Å². The summed E-state index contributed by atoms with van der Waals surface area (Å²) < 4.78 is 25.8. The quantitative estimate of drug-likeness (QED) is 0.825. The Morgan fingerprint density at radius 3 is 2.76 bits per heavy atom. The predicted molar refractivity (Wildman–Crippen MR) is 60.6 cm³/mol. The molecular formula is C12H14F2N2O. The molecule has 2 rings (SSSR count). The van der Waals surface area contributed by atoms with Gasteiger partial charge < -0.3 is 10.6 Å². The van der Waals surface area contributed by atoms with Gasteiger partial charge in [0.1, 0.15) is 11.6 Å². The normalized spacial score (nSPS) is 14.5. The lowest BCUT2D eigenvalue weighted by Crippen LogP contribution is -2.31. The topological polar surface area (TPSA) is 41.1 Å². The van der Waals surface area contributed by atoms with Gasteiger partial charge in [0.15, 0.2) is 0 Å². The van der Waals surface area contributed by atoms with Crippen molar-refractivity contribution < 1.29 is 13.6 Å². The first kappa shape index (κ1) is 11.8. The Kier molecular flexibility index (Phi) is 3.56. The molecule has 0 aromatic heterocycles. The van der Waals surface area contributed by atoms with E-state index in [2.05, 4.69) is 10.6 Å². The molecule has 1 fully saturated rings. The number of anilines is 1. The Morgan fingerprint density at radius 2 is 2.12 bits per heavy atom. The maximum absolute atomic E-state index is 13.2. The SMILES string of the molecule is O=C(CNc1ccc(F)cc1F)NCC1CC1. The molecule has 1 aliphatic carbocycles. The third kappa shape index (κ3) is 3.69. The van der Waals surface area contributed by atoms with Crippen LogP contribution in [0.1, 0.15) is 12.8 Å². The second-order valence-electron chi connectivity index (χ2n) is 4.23.